The molecule has 2 heterocycles. The zero-order chi connectivity index (χ0) is 38.0. The van der Waals surface area contributed by atoms with Gasteiger partial charge >= 0.3 is 5.97 Å². The van der Waals surface area contributed by atoms with Crippen LogP contribution >= 0.6 is 0 Å². The number of benzene rings is 4. The van der Waals surface area contributed by atoms with Gasteiger partial charge in [0.1, 0.15) is 17.6 Å². The topological polar surface area (TPSA) is 217 Å². The molecule has 54 heavy (non-hydrogen) atoms. The average Bonchev–Trinajstić information content (AvgIpc) is 3.53. The van der Waals surface area contributed by atoms with Crippen LogP contribution in [0.5, 0.6) is 5.75 Å². The Balaban J connectivity index is 1.18. The number of carbonyl (C=O) groups excluding carboxylic acids is 3. The van der Waals surface area contributed by atoms with Gasteiger partial charge in [-0.15, -0.1) is 0 Å². The third kappa shape index (κ3) is 9.13. The van der Waals surface area contributed by atoms with Gasteiger partial charge in [-0.25, -0.2) is 4.98 Å². The van der Waals surface area contributed by atoms with Gasteiger partial charge in [0.2, 0.25) is 5.91 Å². The SMILES string of the molecule is [N-]=[N+]=Nc1ccc(C(=O)NCCCCN(Cc2nc3ccccc3[nH]2)C(=O)c2ccc3c(c2)CN(CCc2ccccc2)C(=O)C(CC(=O)O)N3)c(O)c1. The van der Waals surface area contributed by atoms with Crippen LogP contribution < -0.4 is 10.6 Å². The summed E-state index contributed by atoms with van der Waals surface area (Å²) in [6.45, 7) is 1.35. The molecule has 0 saturated heterocycles. The number of amides is 3. The lowest BCUT2D eigenvalue weighted by molar-refractivity contribution is -0.141. The highest BCUT2D eigenvalue weighted by Crippen LogP contribution is 2.27. The number of carboxylic acids is 1. The van der Waals surface area contributed by atoms with Crippen LogP contribution in [0.4, 0.5) is 11.4 Å². The summed E-state index contributed by atoms with van der Waals surface area (Å²) in [5, 5.41) is 29.1. The number of H-pyrrole nitrogens is 1. The number of unbranched alkanes of at least 4 members (excludes halogenated alkanes) is 1. The standard InChI is InChI=1S/C39H39N9O6/c40-46-45-28-13-14-29(34(49)21-28)37(52)41-17-6-7-18-47(24-35-43-31-10-4-5-11-32(31)44-35)38(53)26-12-15-30-27(20-26)23-48(19-16-25-8-2-1-3-9-25)39(54)33(42-30)22-36(50)51/h1-5,8-15,20-21,33,42,49H,6-7,16-19,22-24H2,(H,41,52)(H,43,44)(H,50,51). The number of rotatable bonds is 15. The average molecular weight is 730 g/mol. The fourth-order valence-electron chi connectivity index (χ4n) is 6.41. The molecule has 3 amide bonds. The second-order valence-electron chi connectivity index (χ2n) is 12.9. The van der Waals surface area contributed by atoms with E-state index in [9.17, 15) is 29.4 Å². The summed E-state index contributed by atoms with van der Waals surface area (Å²) in [4.78, 5) is 66.2. The lowest BCUT2D eigenvalue weighted by atomic mass is 10.1. The van der Waals surface area contributed by atoms with Crippen LogP contribution in [0.25, 0.3) is 21.5 Å². The van der Waals surface area contributed by atoms with Crippen molar-refractivity contribution in [3.8, 4) is 5.75 Å². The van der Waals surface area contributed by atoms with Crippen molar-refractivity contribution in [1.29, 1.82) is 0 Å². The summed E-state index contributed by atoms with van der Waals surface area (Å²) >= 11 is 0. The van der Waals surface area contributed by atoms with Crippen LogP contribution in [0.3, 0.4) is 0 Å². The molecule has 5 aromatic rings. The zero-order valence-electron chi connectivity index (χ0n) is 29.3. The molecule has 276 valence electrons. The van der Waals surface area contributed by atoms with Crippen LogP contribution in [-0.2, 0) is 29.1 Å². The van der Waals surface area contributed by atoms with Gasteiger partial charge < -0.3 is 35.6 Å². The molecule has 1 aliphatic heterocycles. The summed E-state index contributed by atoms with van der Waals surface area (Å²) in [6.07, 6.45) is 1.23. The molecule has 1 unspecified atom stereocenters. The van der Waals surface area contributed by atoms with E-state index < -0.39 is 24.3 Å². The fraction of sp³-hybridized carbons (Fsp3) is 0.256. The molecule has 1 aromatic heterocycles. The van der Waals surface area contributed by atoms with E-state index in [4.69, 9.17) is 5.53 Å². The van der Waals surface area contributed by atoms with Crippen molar-refractivity contribution >= 4 is 46.1 Å². The van der Waals surface area contributed by atoms with Crippen molar-refractivity contribution in [2.24, 2.45) is 5.11 Å². The number of para-hydroxylation sites is 2. The lowest BCUT2D eigenvalue weighted by Gasteiger charge is -2.24. The van der Waals surface area contributed by atoms with Gasteiger partial charge in [-0.3, -0.25) is 19.2 Å². The third-order valence-electron chi connectivity index (χ3n) is 9.14. The number of aliphatic carboxylic acids is 1. The Morgan fingerprint density at radius 3 is 2.57 bits per heavy atom. The van der Waals surface area contributed by atoms with E-state index in [2.05, 4.69) is 30.6 Å². The largest absolute Gasteiger partial charge is 0.507 e. The van der Waals surface area contributed by atoms with E-state index in [-0.39, 0.29) is 48.4 Å². The monoisotopic (exact) mass is 729 g/mol. The van der Waals surface area contributed by atoms with Crippen LogP contribution in [-0.4, -0.2) is 79.3 Å². The fourth-order valence-corrected chi connectivity index (χ4v) is 6.41. The summed E-state index contributed by atoms with van der Waals surface area (Å²) < 4.78 is 0. The number of carboxylic acid groups (broad SMARTS) is 1. The number of hydrogen-bond acceptors (Lipinski definition) is 8. The van der Waals surface area contributed by atoms with Gasteiger partial charge in [0.25, 0.3) is 11.8 Å². The molecule has 6 rings (SSSR count). The van der Waals surface area contributed by atoms with Crippen molar-refractivity contribution in [3.05, 3.63) is 130 Å². The van der Waals surface area contributed by atoms with E-state index >= 15 is 0 Å². The first kappa shape index (κ1) is 36.9. The van der Waals surface area contributed by atoms with Crippen molar-refractivity contribution in [1.82, 2.24) is 25.1 Å². The van der Waals surface area contributed by atoms with Crippen molar-refractivity contribution in [2.45, 2.75) is 44.8 Å². The minimum atomic E-state index is -1.10. The molecule has 5 N–H and O–H groups in total. The van der Waals surface area contributed by atoms with Crippen LogP contribution in [0.1, 0.15) is 56.9 Å². The quantitative estimate of drug-likeness (QED) is 0.0377. The number of aromatic hydroxyl groups is 1. The van der Waals surface area contributed by atoms with E-state index in [0.29, 0.717) is 55.0 Å². The lowest BCUT2D eigenvalue weighted by Crippen LogP contribution is -2.42. The summed E-state index contributed by atoms with van der Waals surface area (Å²) in [5.74, 6) is -1.88. The predicted octanol–water partition coefficient (Wildman–Crippen LogP) is 5.90. The smallest absolute Gasteiger partial charge is 0.305 e. The van der Waals surface area contributed by atoms with E-state index in [1.807, 2.05) is 54.6 Å². The minimum absolute atomic E-state index is 0.0425. The molecule has 0 fully saturated rings. The molecule has 0 bridgehead atoms. The third-order valence-corrected chi connectivity index (χ3v) is 9.14. The Hall–Kier alpha value is -6.86. The molecular formula is C39H39N9O6. The highest BCUT2D eigenvalue weighted by Gasteiger charge is 2.31. The van der Waals surface area contributed by atoms with E-state index in [1.54, 1.807) is 28.0 Å². The zero-order valence-corrected chi connectivity index (χ0v) is 29.3. The van der Waals surface area contributed by atoms with E-state index in [0.717, 1.165) is 16.6 Å². The highest BCUT2D eigenvalue weighted by molar-refractivity contribution is 5.97. The number of fused-ring (bicyclic) bond motifs is 2. The number of aromatic nitrogens is 2. The maximum Gasteiger partial charge on any atom is 0.305 e. The van der Waals surface area contributed by atoms with Gasteiger partial charge in [0, 0.05) is 48.0 Å². The minimum Gasteiger partial charge on any atom is -0.507 e. The number of nitrogens with zero attached hydrogens (tertiary/aromatic N) is 6. The van der Waals surface area contributed by atoms with Crippen LogP contribution in [0, 0.1) is 0 Å². The summed E-state index contributed by atoms with van der Waals surface area (Å²) in [5.41, 5.74) is 13.2. The number of phenolic OH excluding ortho intramolecular Hbond substituents is 1. The summed E-state index contributed by atoms with van der Waals surface area (Å²) in [6, 6.07) is 25.5. The summed E-state index contributed by atoms with van der Waals surface area (Å²) in [7, 11) is 0. The van der Waals surface area contributed by atoms with Gasteiger partial charge in [-0.2, -0.15) is 0 Å². The molecule has 0 radical (unpaired) electrons. The molecule has 0 saturated carbocycles. The van der Waals surface area contributed by atoms with Crippen molar-refractivity contribution in [2.75, 3.05) is 25.0 Å². The normalized spacial score (nSPS) is 13.7. The van der Waals surface area contributed by atoms with Crippen LogP contribution in [0.2, 0.25) is 0 Å². The van der Waals surface area contributed by atoms with E-state index in [1.165, 1.54) is 18.2 Å². The predicted molar refractivity (Wildman–Crippen MR) is 201 cm³/mol. The first-order valence-electron chi connectivity index (χ1n) is 17.5. The maximum absolute atomic E-state index is 14.2. The number of imidazole rings is 1. The van der Waals surface area contributed by atoms with Crippen LogP contribution in [0.15, 0.2) is 96.1 Å². The number of carbonyl (C=O) groups is 4. The highest BCUT2D eigenvalue weighted by atomic mass is 16.4. The maximum atomic E-state index is 14.2. The number of hydrogen-bond donors (Lipinski definition) is 5. The molecule has 15 heteroatoms. The Morgan fingerprint density at radius 2 is 1.81 bits per heavy atom. The van der Waals surface area contributed by atoms with Crippen molar-refractivity contribution in [3.63, 3.8) is 0 Å². The van der Waals surface area contributed by atoms with Gasteiger partial charge in [0.05, 0.1) is 29.6 Å². The second-order valence-corrected chi connectivity index (χ2v) is 12.9. The number of aromatic amines is 1. The first-order valence-corrected chi connectivity index (χ1v) is 17.5. The first-order chi connectivity index (χ1) is 26.2. The molecule has 1 aliphatic rings. The molecule has 4 aromatic carbocycles. The number of anilines is 1. The van der Waals surface area contributed by atoms with Gasteiger partial charge in [0.15, 0.2) is 0 Å². The number of phenols is 1. The number of nitrogens with one attached hydrogen (secondary N) is 3. The molecule has 0 aliphatic carbocycles. The Morgan fingerprint density at radius 1 is 1.02 bits per heavy atom. The Bertz CT molecular complexity index is 2180. The Labute approximate surface area is 310 Å². The molecule has 0 spiro atoms. The second kappa shape index (κ2) is 17.1. The molecular weight excluding hydrogens is 690 g/mol. The molecule has 1 atom stereocenters. The van der Waals surface area contributed by atoms with Gasteiger partial charge in [-0.1, -0.05) is 53.6 Å². The van der Waals surface area contributed by atoms with Crippen molar-refractivity contribution < 1.29 is 29.4 Å². The van der Waals surface area contributed by atoms with Gasteiger partial charge in [-0.05, 0) is 78.4 Å². The number of azide groups is 1. The Kier molecular flexibility index (Phi) is 11.7. The molecule has 15 nitrogen and oxygen atoms in total.